The van der Waals surface area contributed by atoms with E-state index >= 15 is 0 Å². The molecule has 0 heterocycles. The fraction of sp³-hybridized carbons (Fsp3) is 1.00. The Morgan fingerprint density at radius 2 is 1.94 bits per heavy atom. The highest BCUT2D eigenvalue weighted by Crippen LogP contribution is 2.23. The maximum atomic E-state index is 9.84. The monoisotopic (exact) mass is 229 g/mol. The smallest absolute Gasteiger partial charge is 0.0693 e. The van der Waals surface area contributed by atoms with E-state index in [9.17, 15) is 5.11 Å². The van der Waals surface area contributed by atoms with Crippen LogP contribution in [0.1, 0.15) is 52.4 Å². The number of rotatable bonds is 6. The van der Waals surface area contributed by atoms with E-state index in [2.05, 4.69) is 19.2 Å². The van der Waals surface area contributed by atoms with Crippen LogP contribution < -0.4 is 5.32 Å². The Balaban J connectivity index is 2.26. The van der Waals surface area contributed by atoms with Crippen molar-refractivity contribution < 1.29 is 10.2 Å². The van der Waals surface area contributed by atoms with Crippen LogP contribution in [0.25, 0.3) is 0 Å². The normalized spacial score (nSPS) is 27.0. The van der Waals surface area contributed by atoms with Gasteiger partial charge in [-0.05, 0) is 31.1 Å². The molecule has 1 fully saturated rings. The Labute approximate surface area is 99.3 Å². The third-order valence-corrected chi connectivity index (χ3v) is 3.58. The van der Waals surface area contributed by atoms with Crippen molar-refractivity contribution in [1.82, 2.24) is 5.32 Å². The lowest BCUT2D eigenvalue weighted by atomic mass is 9.86. The van der Waals surface area contributed by atoms with Gasteiger partial charge in [-0.15, -0.1) is 0 Å². The number of aliphatic hydroxyl groups excluding tert-OH is 2. The molecule has 96 valence electrons. The number of hydrogen-bond donors (Lipinski definition) is 3. The van der Waals surface area contributed by atoms with E-state index in [1.807, 2.05) is 0 Å². The van der Waals surface area contributed by atoms with Crippen LogP contribution in [0.4, 0.5) is 0 Å². The van der Waals surface area contributed by atoms with Crippen molar-refractivity contribution in [3.63, 3.8) is 0 Å². The highest BCUT2D eigenvalue weighted by atomic mass is 16.3. The SMILES string of the molecule is CC(C)(CCCO)CNC1CCCCC1O. The predicted octanol–water partition coefficient (Wildman–Crippen LogP) is 1.68. The van der Waals surface area contributed by atoms with Crippen molar-refractivity contribution in [3.8, 4) is 0 Å². The van der Waals surface area contributed by atoms with Gasteiger partial charge in [-0.2, -0.15) is 0 Å². The van der Waals surface area contributed by atoms with Gasteiger partial charge in [0.25, 0.3) is 0 Å². The summed E-state index contributed by atoms with van der Waals surface area (Å²) in [7, 11) is 0. The molecule has 16 heavy (non-hydrogen) atoms. The zero-order chi connectivity index (χ0) is 12.0. The molecule has 3 heteroatoms. The summed E-state index contributed by atoms with van der Waals surface area (Å²) in [5.74, 6) is 0. The van der Waals surface area contributed by atoms with Gasteiger partial charge in [0.05, 0.1) is 6.10 Å². The summed E-state index contributed by atoms with van der Waals surface area (Å²) in [6, 6.07) is 0.280. The molecule has 1 rings (SSSR count). The first-order valence-electron chi connectivity index (χ1n) is 6.57. The topological polar surface area (TPSA) is 52.5 Å². The molecule has 0 radical (unpaired) electrons. The van der Waals surface area contributed by atoms with E-state index < -0.39 is 0 Å². The van der Waals surface area contributed by atoms with Gasteiger partial charge >= 0.3 is 0 Å². The van der Waals surface area contributed by atoms with Crippen molar-refractivity contribution in [3.05, 3.63) is 0 Å². The Bertz CT molecular complexity index is 194. The number of nitrogens with one attached hydrogen (secondary N) is 1. The first-order chi connectivity index (χ1) is 7.55. The quantitative estimate of drug-likeness (QED) is 0.649. The fourth-order valence-electron chi connectivity index (χ4n) is 2.40. The molecule has 3 nitrogen and oxygen atoms in total. The van der Waals surface area contributed by atoms with Crippen LogP contribution in [-0.4, -0.2) is 35.5 Å². The van der Waals surface area contributed by atoms with Crippen LogP contribution in [-0.2, 0) is 0 Å². The lowest BCUT2D eigenvalue weighted by Gasteiger charge is -2.33. The molecule has 0 spiro atoms. The van der Waals surface area contributed by atoms with Crippen molar-refractivity contribution in [2.45, 2.75) is 64.5 Å². The Morgan fingerprint density at radius 1 is 1.25 bits per heavy atom. The molecular weight excluding hydrogens is 202 g/mol. The highest BCUT2D eigenvalue weighted by Gasteiger charge is 2.25. The molecule has 1 aliphatic rings. The van der Waals surface area contributed by atoms with Gasteiger partial charge < -0.3 is 15.5 Å². The van der Waals surface area contributed by atoms with Crippen LogP contribution >= 0.6 is 0 Å². The average molecular weight is 229 g/mol. The summed E-state index contributed by atoms with van der Waals surface area (Å²) < 4.78 is 0. The minimum atomic E-state index is -0.164. The molecule has 3 N–H and O–H groups in total. The third-order valence-electron chi connectivity index (χ3n) is 3.58. The average Bonchev–Trinajstić information content (AvgIpc) is 2.26. The van der Waals surface area contributed by atoms with Gasteiger partial charge in [0.1, 0.15) is 0 Å². The molecule has 0 aromatic carbocycles. The fourth-order valence-corrected chi connectivity index (χ4v) is 2.40. The number of aliphatic hydroxyl groups is 2. The zero-order valence-electron chi connectivity index (χ0n) is 10.7. The van der Waals surface area contributed by atoms with Crippen LogP contribution in [0.2, 0.25) is 0 Å². The van der Waals surface area contributed by atoms with Crippen LogP contribution in [0, 0.1) is 5.41 Å². The molecule has 2 atom stereocenters. The van der Waals surface area contributed by atoms with Crippen molar-refractivity contribution in [2.24, 2.45) is 5.41 Å². The molecule has 0 aromatic heterocycles. The van der Waals surface area contributed by atoms with Crippen LogP contribution in [0.5, 0.6) is 0 Å². The zero-order valence-corrected chi connectivity index (χ0v) is 10.7. The van der Waals surface area contributed by atoms with Crippen molar-refractivity contribution in [2.75, 3.05) is 13.2 Å². The van der Waals surface area contributed by atoms with Crippen LogP contribution in [0.15, 0.2) is 0 Å². The molecule has 0 aromatic rings. The highest BCUT2D eigenvalue weighted by molar-refractivity contribution is 4.83. The Morgan fingerprint density at radius 3 is 2.56 bits per heavy atom. The van der Waals surface area contributed by atoms with Crippen molar-refractivity contribution in [1.29, 1.82) is 0 Å². The molecule has 0 aliphatic heterocycles. The molecule has 1 aliphatic carbocycles. The lowest BCUT2D eigenvalue weighted by molar-refractivity contribution is 0.0841. The summed E-state index contributed by atoms with van der Waals surface area (Å²) in [6.45, 7) is 5.62. The largest absolute Gasteiger partial charge is 0.396 e. The van der Waals surface area contributed by atoms with Gasteiger partial charge in [-0.1, -0.05) is 26.7 Å². The van der Waals surface area contributed by atoms with Crippen molar-refractivity contribution >= 4 is 0 Å². The van der Waals surface area contributed by atoms with E-state index in [-0.39, 0.29) is 24.2 Å². The summed E-state index contributed by atoms with van der Waals surface area (Å²) in [5, 5.41) is 22.2. The number of hydrogen-bond acceptors (Lipinski definition) is 3. The summed E-state index contributed by atoms with van der Waals surface area (Å²) in [5.41, 5.74) is 0.208. The second kappa shape index (κ2) is 6.58. The van der Waals surface area contributed by atoms with Gasteiger partial charge in [0, 0.05) is 19.2 Å². The van der Waals surface area contributed by atoms with E-state index in [0.29, 0.717) is 0 Å². The third kappa shape index (κ3) is 4.81. The summed E-state index contributed by atoms with van der Waals surface area (Å²) in [4.78, 5) is 0. The lowest BCUT2D eigenvalue weighted by Crippen LogP contribution is -2.45. The Kier molecular flexibility index (Phi) is 5.73. The predicted molar refractivity (Wildman–Crippen MR) is 66.4 cm³/mol. The first kappa shape index (κ1) is 13.9. The van der Waals surface area contributed by atoms with E-state index in [1.54, 1.807) is 0 Å². The van der Waals surface area contributed by atoms with E-state index in [0.717, 1.165) is 38.6 Å². The van der Waals surface area contributed by atoms with Gasteiger partial charge in [0.2, 0.25) is 0 Å². The molecule has 0 bridgehead atoms. The second-order valence-corrected chi connectivity index (χ2v) is 5.83. The van der Waals surface area contributed by atoms with Gasteiger partial charge in [-0.25, -0.2) is 0 Å². The molecule has 2 unspecified atom stereocenters. The van der Waals surface area contributed by atoms with E-state index in [4.69, 9.17) is 5.11 Å². The minimum Gasteiger partial charge on any atom is -0.396 e. The van der Waals surface area contributed by atoms with E-state index in [1.165, 1.54) is 6.42 Å². The van der Waals surface area contributed by atoms with Crippen LogP contribution in [0.3, 0.4) is 0 Å². The first-order valence-corrected chi connectivity index (χ1v) is 6.57. The minimum absolute atomic E-state index is 0.164. The van der Waals surface area contributed by atoms with Gasteiger partial charge in [0.15, 0.2) is 0 Å². The standard InChI is InChI=1S/C13H27NO2/c1-13(2,8-5-9-15)10-14-11-6-3-4-7-12(11)16/h11-12,14-16H,3-10H2,1-2H3. The second-order valence-electron chi connectivity index (χ2n) is 5.83. The van der Waals surface area contributed by atoms with Gasteiger partial charge in [-0.3, -0.25) is 0 Å². The maximum Gasteiger partial charge on any atom is 0.0693 e. The Hall–Kier alpha value is -0.120. The molecule has 0 amide bonds. The summed E-state index contributed by atoms with van der Waals surface area (Å²) >= 11 is 0. The maximum absolute atomic E-state index is 9.84. The molecule has 0 saturated heterocycles. The molecular formula is C13H27NO2. The molecule has 1 saturated carbocycles. The summed E-state index contributed by atoms with van der Waals surface area (Å²) in [6.07, 6.45) is 6.15.